The predicted octanol–water partition coefficient (Wildman–Crippen LogP) is 2.64. The number of halogens is 2. The lowest BCUT2D eigenvalue weighted by atomic mass is 9.85. The van der Waals surface area contributed by atoms with Crippen LogP contribution in [-0.4, -0.2) is 41.7 Å². The Morgan fingerprint density at radius 3 is 2.77 bits per heavy atom. The topological polar surface area (TPSA) is 101 Å². The first-order valence-corrected chi connectivity index (χ1v) is 9.61. The molecular weight excluding hydrogens is 396 g/mol. The molecule has 160 valence electrons. The van der Waals surface area contributed by atoms with Gasteiger partial charge in [0, 0.05) is 29.2 Å². The molecule has 3 N–H and O–H groups in total. The second kappa shape index (κ2) is 9.62. The number of aromatic nitrogens is 1. The number of hydrogen-bond donors (Lipinski definition) is 3. The Bertz CT molecular complexity index is 938. The molecule has 0 aliphatic heterocycles. The standard InChI is InChI=1S/C21H23F2N3O4/c1-30-18-8-13(22)5-6-15(18)16-9-19(24-10-17(16)23)26-21(29)12-3-2-4-14(7-12)25-20(28)11-27/h5-6,8-10,12,14,27H,2-4,7,11H2,1H3,(H,25,28)(H,24,26,29)/t12-,14+/m0/s1. The molecule has 1 aromatic carbocycles. The Balaban J connectivity index is 1.75. The van der Waals surface area contributed by atoms with Crippen molar-refractivity contribution in [1.29, 1.82) is 0 Å². The van der Waals surface area contributed by atoms with Gasteiger partial charge in [0.2, 0.25) is 11.8 Å². The van der Waals surface area contributed by atoms with Gasteiger partial charge in [-0.25, -0.2) is 13.8 Å². The minimum Gasteiger partial charge on any atom is -0.496 e. The van der Waals surface area contributed by atoms with Gasteiger partial charge in [-0.05, 0) is 37.5 Å². The van der Waals surface area contributed by atoms with Crippen LogP contribution >= 0.6 is 0 Å². The summed E-state index contributed by atoms with van der Waals surface area (Å²) in [5.74, 6) is -1.94. The first-order chi connectivity index (χ1) is 14.4. The predicted molar refractivity (Wildman–Crippen MR) is 106 cm³/mol. The fourth-order valence-electron chi connectivity index (χ4n) is 3.66. The van der Waals surface area contributed by atoms with Gasteiger partial charge in [0.15, 0.2) is 0 Å². The molecule has 1 aromatic heterocycles. The largest absolute Gasteiger partial charge is 0.496 e. The third-order valence-electron chi connectivity index (χ3n) is 5.11. The fourth-order valence-corrected chi connectivity index (χ4v) is 3.66. The van der Waals surface area contributed by atoms with E-state index in [4.69, 9.17) is 9.84 Å². The summed E-state index contributed by atoms with van der Waals surface area (Å²) in [5.41, 5.74) is 0.452. The molecule has 1 fully saturated rings. The third kappa shape index (κ3) is 5.10. The van der Waals surface area contributed by atoms with Gasteiger partial charge in [0.1, 0.15) is 29.8 Å². The highest BCUT2D eigenvalue weighted by Gasteiger charge is 2.28. The van der Waals surface area contributed by atoms with Gasteiger partial charge < -0.3 is 20.5 Å². The summed E-state index contributed by atoms with van der Waals surface area (Å²) >= 11 is 0. The zero-order valence-electron chi connectivity index (χ0n) is 16.5. The monoisotopic (exact) mass is 419 g/mol. The zero-order chi connectivity index (χ0) is 21.7. The van der Waals surface area contributed by atoms with Gasteiger partial charge in [0.05, 0.1) is 13.3 Å². The smallest absolute Gasteiger partial charge is 0.245 e. The number of ether oxygens (including phenoxy) is 1. The molecule has 2 amide bonds. The fraction of sp³-hybridized carbons (Fsp3) is 0.381. The van der Waals surface area contributed by atoms with Crippen molar-refractivity contribution in [2.24, 2.45) is 5.92 Å². The Labute approximate surface area is 172 Å². The zero-order valence-corrected chi connectivity index (χ0v) is 16.5. The molecule has 3 rings (SSSR count). The van der Waals surface area contributed by atoms with Crippen LogP contribution in [0, 0.1) is 17.6 Å². The van der Waals surface area contributed by atoms with Gasteiger partial charge in [-0.15, -0.1) is 0 Å². The van der Waals surface area contributed by atoms with E-state index in [1.54, 1.807) is 0 Å². The first kappa shape index (κ1) is 21.6. The molecule has 0 radical (unpaired) electrons. The van der Waals surface area contributed by atoms with Crippen molar-refractivity contribution in [1.82, 2.24) is 10.3 Å². The number of rotatable bonds is 6. The number of benzene rings is 1. The van der Waals surface area contributed by atoms with Crippen molar-refractivity contribution >= 4 is 17.6 Å². The molecule has 2 aromatic rings. The Morgan fingerprint density at radius 2 is 2.03 bits per heavy atom. The quantitative estimate of drug-likeness (QED) is 0.668. The number of carbonyl (C=O) groups is 2. The Hall–Kier alpha value is -3.07. The van der Waals surface area contributed by atoms with E-state index >= 15 is 0 Å². The van der Waals surface area contributed by atoms with Crippen molar-refractivity contribution in [2.45, 2.75) is 31.7 Å². The highest BCUT2D eigenvalue weighted by atomic mass is 19.1. The lowest BCUT2D eigenvalue weighted by Gasteiger charge is -2.28. The summed E-state index contributed by atoms with van der Waals surface area (Å²) in [4.78, 5) is 28.0. The van der Waals surface area contributed by atoms with Gasteiger partial charge in [-0.1, -0.05) is 6.42 Å². The van der Waals surface area contributed by atoms with E-state index in [1.807, 2.05) is 0 Å². The second-order valence-corrected chi connectivity index (χ2v) is 7.17. The van der Waals surface area contributed by atoms with E-state index in [1.165, 1.54) is 25.3 Å². The minimum atomic E-state index is -0.637. The lowest BCUT2D eigenvalue weighted by molar-refractivity contribution is -0.126. The summed E-state index contributed by atoms with van der Waals surface area (Å²) in [6.07, 6.45) is 3.57. The van der Waals surface area contributed by atoms with Crippen molar-refractivity contribution in [2.75, 3.05) is 19.0 Å². The van der Waals surface area contributed by atoms with Gasteiger partial charge >= 0.3 is 0 Å². The number of nitrogens with one attached hydrogen (secondary N) is 2. The molecule has 7 nitrogen and oxygen atoms in total. The van der Waals surface area contributed by atoms with Crippen LogP contribution in [-0.2, 0) is 9.59 Å². The van der Waals surface area contributed by atoms with Crippen LogP contribution in [0.15, 0.2) is 30.5 Å². The highest BCUT2D eigenvalue weighted by Crippen LogP contribution is 2.33. The lowest BCUT2D eigenvalue weighted by Crippen LogP contribution is -2.42. The molecule has 1 saturated carbocycles. The maximum atomic E-state index is 14.4. The van der Waals surface area contributed by atoms with Crippen LogP contribution in [0.1, 0.15) is 25.7 Å². The molecule has 2 atom stereocenters. The number of amides is 2. The summed E-state index contributed by atoms with van der Waals surface area (Å²) in [6.45, 7) is -0.595. The summed E-state index contributed by atoms with van der Waals surface area (Å²) in [5, 5.41) is 14.3. The molecule has 1 aliphatic rings. The summed E-state index contributed by atoms with van der Waals surface area (Å²) in [6, 6.07) is 4.93. The van der Waals surface area contributed by atoms with Crippen LogP contribution in [0.25, 0.3) is 11.1 Å². The van der Waals surface area contributed by atoms with E-state index in [0.717, 1.165) is 25.1 Å². The SMILES string of the molecule is COc1cc(F)ccc1-c1cc(NC(=O)[C@H]2CCC[C@@H](NC(=O)CO)C2)ncc1F. The average molecular weight is 419 g/mol. The number of methoxy groups -OCH3 is 1. The minimum absolute atomic E-state index is 0.119. The number of anilines is 1. The third-order valence-corrected chi connectivity index (χ3v) is 5.11. The maximum absolute atomic E-state index is 14.4. The number of aliphatic hydroxyl groups excluding tert-OH is 1. The van der Waals surface area contributed by atoms with Gasteiger partial charge in [0.25, 0.3) is 0 Å². The Kier molecular flexibility index (Phi) is 6.94. The van der Waals surface area contributed by atoms with E-state index in [2.05, 4.69) is 15.6 Å². The Morgan fingerprint density at radius 1 is 1.23 bits per heavy atom. The normalized spacial score (nSPS) is 18.5. The highest BCUT2D eigenvalue weighted by molar-refractivity contribution is 5.92. The van der Waals surface area contributed by atoms with E-state index in [-0.39, 0.29) is 35.0 Å². The van der Waals surface area contributed by atoms with Crippen molar-refractivity contribution in [3.8, 4) is 16.9 Å². The number of carbonyl (C=O) groups excluding carboxylic acids is 2. The molecular formula is C21H23F2N3O4. The number of aliphatic hydroxyl groups is 1. The van der Waals surface area contributed by atoms with E-state index < -0.39 is 24.1 Å². The van der Waals surface area contributed by atoms with Crippen LogP contribution in [0.2, 0.25) is 0 Å². The average Bonchev–Trinajstić information content (AvgIpc) is 2.75. The number of pyridine rings is 1. The van der Waals surface area contributed by atoms with Crippen molar-refractivity contribution < 1.29 is 28.2 Å². The summed E-state index contributed by atoms with van der Waals surface area (Å²) < 4.78 is 33.0. The molecule has 1 heterocycles. The first-order valence-electron chi connectivity index (χ1n) is 9.61. The number of hydrogen-bond acceptors (Lipinski definition) is 5. The molecule has 0 saturated heterocycles. The molecule has 30 heavy (non-hydrogen) atoms. The van der Waals surface area contributed by atoms with Crippen LogP contribution in [0.4, 0.5) is 14.6 Å². The van der Waals surface area contributed by atoms with Gasteiger partial charge in [-0.3, -0.25) is 9.59 Å². The number of nitrogens with zero attached hydrogens (tertiary/aromatic N) is 1. The van der Waals surface area contributed by atoms with Gasteiger partial charge in [-0.2, -0.15) is 0 Å². The van der Waals surface area contributed by atoms with Crippen LogP contribution in [0.3, 0.4) is 0 Å². The molecule has 0 unspecified atom stereocenters. The molecule has 9 heteroatoms. The summed E-state index contributed by atoms with van der Waals surface area (Å²) in [7, 11) is 1.36. The maximum Gasteiger partial charge on any atom is 0.245 e. The van der Waals surface area contributed by atoms with E-state index in [9.17, 15) is 18.4 Å². The van der Waals surface area contributed by atoms with Crippen molar-refractivity contribution in [3.63, 3.8) is 0 Å². The molecule has 0 bridgehead atoms. The second-order valence-electron chi connectivity index (χ2n) is 7.17. The molecule has 0 spiro atoms. The van der Waals surface area contributed by atoms with Crippen LogP contribution < -0.4 is 15.4 Å². The van der Waals surface area contributed by atoms with E-state index in [0.29, 0.717) is 18.4 Å². The van der Waals surface area contributed by atoms with Crippen LogP contribution in [0.5, 0.6) is 5.75 Å². The molecule has 1 aliphatic carbocycles. The van der Waals surface area contributed by atoms with Crippen molar-refractivity contribution in [3.05, 3.63) is 42.1 Å².